The van der Waals surface area contributed by atoms with Crippen molar-refractivity contribution in [3.8, 4) is 5.75 Å². The highest BCUT2D eigenvalue weighted by molar-refractivity contribution is 5.86. The van der Waals surface area contributed by atoms with E-state index < -0.39 is 0 Å². The lowest BCUT2D eigenvalue weighted by Gasteiger charge is -2.23. The molecule has 1 heterocycles. The minimum Gasteiger partial charge on any atom is -0.497 e. The molecule has 4 nitrogen and oxygen atoms in total. The van der Waals surface area contributed by atoms with E-state index in [1.165, 1.54) is 0 Å². The third-order valence-electron chi connectivity index (χ3n) is 4.61. The summed E-state index contributed by atoms with van der Waals surface area (Å²) in [6.45, 7) is 3.01. The Labute approximate surface area is 142 Å². The molecule has 0 radical (unpaired) electrons. The highest BCUT2D eigenvalue weighted by Gasteiger charge is 2.20. The first-order valence-corrected chi connectivity index (χ1v) is 8.53. The van der Waals surface area contributed by atoms with Gasteiger partial charge in [-0.1, -0.05) is 24.3 Å². The number of fused-ring (bicyclic) bond motifs is 1. The summed E-state index contributed by atoms with van der Waals surface area (Å²) in [6, 6.07) is 12.0. The number of benzene rings is 2. The second-order valence-electron chi connectivity index (χ2n) is 6.31. The van der Waals surface area contributed by atoms with Crippen molar-refractivity contribution in [1.29, 1.82) is 0 Å². The molecule has 0 aromatic heterocycles. The molecule has 2 aromatic carbocycles. The normalized spacial score (nSPS) is 19.0. The fourth-order valence-electron chi connectivity index (χ4n) is 3.01. The lowest BCUT2D eigenvalue weighted by Crippen LogP contribution is -2.27. The molecule has 2 unspecified atom stereocenters. The van der Waals surface area contributed by atoms with Gasteiger partial charge in [0.15, 0.2) is 0 Å². The zero-order chi connectivity index (χ0) is 16.9. The van der Waals surface area contributed by atoms with Gasteiger partial charge in [0.25, 0.3) is 0 Å². The Morgan fingerprint density at radius 3 is 2.75 bits per heavy atom. The summed E-state index contributed by atoms with van der Waals surface area (Å²) in [4.78, 5) is 12.3. The Morgan fingerprint density at radius 1 is 1.21 bits per heavy atom. The summed E-state index contributed by atoms with van der Waals surface area (Å²) < 4.78 is 16.3. The van der Waals surface area contributed by atoms with Crippen molar-refractivity contribution in [3.05, 3.63) is 42.0 Å². The van der Waals surface area contributed by atoms with Gasteiger partial charge in [0.05, 0.1) is 19.1 Å². The average Bonchev–Trinajstić information content (AvgIpc) is 2.65. The molecule has 1 fully saturated rings. The molecule has 0 N–H and O–H groups in total. The molecular weight excluding hydrogens is 304 g/mol. The first-order valence-electron chi connectivity index (χ1n) is 8.53. The van der Waals surface area contributed by atoms with E-state index in [0.29, 0.717) is 6.61 Å². The van der Waals surface area contributed by atoms with Crippen molar-refractivity contribution in [2.75, 3.05) is 20.3 Å². The average molecular weight is 328 g/mol. The number of hydrogen-bond acceptors (Lipinski definition) is 4. The van der Waals surface area contributed by atoms with Crippen molar-refractivity contribution in [1.82, 2.24) is 0 Å². The fraction of sp³-hybridized carbons (Fsp3) is 0.450. The van der Waals surface area contributed by atoms with E-state index in [-0.39, 0.29) is 18.0 Å². The van der Waals surface area contributed by atoms with Crippen LogP contribution in [0.3, 0.4) is 0 Å². The van der Waals surface area contributed by atoms with Crippen LogP contribution in [-0.2, 0) is 14.3 Å². The van der Waals surface area contributed by atoms with Gasteiger partial charge in [0.1, 0.15) is 12.4 Å². The van der Waals surface area contributed by atoms with Crippen LogP contribution in [0.25, 0.3) is 10.8 Å². The standard InChI is InChI=1S/C20H24O4/c1-14(20(21)24-13-19-5-3-4-10-23-19)15-6-7-17-12-18(22-2)9-8-16(17)11-15/h6-9,11-12,14,19H,3-5,10,13H2,1-2H3. The number of hydrogen-bond donors (Lipinski definition) is 0. The Bertz CT molecular complexity index is 704. The van der Waals surface area contributed by atoms with Gasteiger partial charge in [0, 0.05) is 6.61 Å². The highest BCUT2D eigenvalue weighted by atomic mass is 16.6. The first kappa shape index (κ1) is 16.8. The molecule has 24 heavy (non-hydrogen) atoms. The van der Waals surface area contributed by atoms with E-state index in [2.05, 4.69) is 0 Å². The Balaban J connectivity index is 1.65. The monoisotopic (exact) mass is 328 g/mol. The van der Waals surface area contributed by atoms with Gasteiger partial charge in [-0.3, -0.25) is 4.79 Å². The van der Waals surface area contributed by atoms with Gasteiger partial charge in [-0.2, -0.15) is 0 Å². The summed E-state index contributed by atoms with van der Waals surface area (Å²) in [5.41, 5.74) is 0.960. The number of methoxy groups -OCH3 is 1. The topological polar surface area (TPSA) is 44.8 Å². The maximum atomic E-state index is 12.3. The maximum absolute atomic E-state index is 12.3. The van der Waals surface area contributed by atoms with Gasteiger partial charge < -0.3 is 14.2 Å². The third kappa shape index (κ3) is 3.88. The lowest BCUT2D eigenvalue weighted by atomic mass is 9.98. The molecule has 1 saturated heterocycles. The largest absolute Gasteiger partial charge is 0.497 e. The van der Waals surface area contributed by atoms with E-state index >= 15 is 0 Å². The van der Waals surface area contributed by atoms with Crippen LogP contribution in [0.15, 0.2) is 36.4 Å². The van der Waals surface area contributed by atoms with Crippen molar-refractivity contribution >= 4 is 16.7 Å². The molecule has 128 valence electrons. The molecular formula is C20H24O4. The lowest BCUT2D eigenvalue weighted by molar-refractivity contribution is -0.150. The van der Waals surface area contributed by atoms with Crippen molar-refractivity contribution in [2.45, 2.75) is 38.2 Å². The number of carbonyl (C=O) groups is 1. The molecule has 2 aromatic rings. The van der Waals surface area contributed by atoms with Crippen LogP contribution >= 0.6 is 0 Å². The van der Waals surface area contributed by atoms with Gasteiger partial charge in [0.2, 0.25) is 0 Å². The van der Waals surface area contributed by atoms with Gasteiger partial charge in [-0.05, 0) is 54.7 Å². The minimum absolute atomic E-state index is 0.0546. The predicted octanol–water partition coefficient (Wildman–Crippen LogP) is 4.06. The molecule has 0 aliphatic carbocycles. The smallest absolute Gasteiger partial charge is 0.313 e. The number of carbonyl (C=O) groups excluding carboxylic acids is 1. The molecule has 2 atom stereocenters. The van der Waals surface area contributed by atoms with Crippen molar-refractivity contribution in [3.63, 3.8) is 0 Å². The summed E-state index contributed by atoms with van der Waals surface area (Å²) in [5, 5.41) is 2.18. The van der Waals surface area contributed by atoms with Gasteiger partial charge in [-0.15, -0.1) is 0 Å². The van der Waals surface area contributed by atoms with Crippen molar-refractivity contribution in [2.24, 2.45) is 0 Å². The van der Waals surface area contributed by atoms with Crippen LogP contribution in [0.4, 0.5) is 0 Å². The van der Waals surface area contributed by atoms with E-state index in [1.807, 2.05) is 43.3 Å². The second-order valence-corrected chi connectivity index (χ2v) is 6.31. The molecule has 1 aliphatic heterocycles. The van der Waals surface area contributed by atoms with Crippen LogP contribution in [-0.4, -0.2) is 32.4 Å². The third-order valence-corrected chi connectivity index (χ3v) is 4.61. The Morgan fingerprint density at radius 2 is 2.00 bits per heavy atom. The number of rotatable bonds is 5. The Hall–Kier alpha value is -2.07. The molecule has 0 spiro atoms. The summed E-state index contributed by atoms with van der Waals surface area (Å²) in [5.74, 6) is 0.340. The predicted molar refractivity (Wildman–Crippen MR) is 93.5 cm³/mol. The molecule has 0 saturated carbocycles. The maximum Gasteiger partial charge on any atom is 0.313 e. The number of esters is 1. The van der Waals surface area contributed by atoms with E-state index in [4.69, 9.17) is 14.2 Å². The summed E-state index contributed by atoms with van der Waals surface area (Å²) in [7, 11) is 1.66. The molecule has 0 bridgehead atoms. The second kappa shape index (κ2) is 7.67. The van der Waals surface area contributed by atoms with Crippen LogP contribution in [0.5, 0.6) is 5.75 Å². The van der Waals surface area contributed by atoms with Crippen LogP contribution in [0, 0.1) is 0 Å². The van der Waals surface area contributed by atoms with E-state index in [1.54, 1.807) is 7.11 Å². The van der Waals surface area contributed by atoms with Gasteiger partial charge in [-0.25, -0.2) is 0 Å². The highest BCUT2D eigenvalue weighted by Crippen LogP contribution is 2.26. The van der Waals surface area contributed by atoms with Crippen LogP contribution < -0.4 is 4.74 Å². The Kier molecular flexibility index (Phi) is 5.36. The summed E-state index contributed by atoms with van der Waals surface area (Å²) >= 11 is 0. The summed E-state index contributed by atoms with van der Waals surface area (Å²) in [6.07, 6.45) is 3.27. The van der Waals surface area contributed by atoms with Crippen LogP contribution in [0.2, 0.25) is 0 Å². The molecule has 4 heteroatoms. The zero-order valence-corrected chi connectivity index (χ0v) is 14.3. The number of ether oxygens (including phenoxy) is 3. The molecule has 0 amide bonds. The molecule has 3 rings (SSSR count). The SMILES string of the molecule is COc1ccc2cc(C(C)C(=O)OCC3CCCCO3)ccc2c1. The quantitative estimate of drug-likeness (QED) is 0.776. The van der Waals surface area contributed by atoms with E-state index in [0.717, 1.165) is 48.0 Å². The molecule has 1 aliphatic rings. The first-order chi connectivity index (χ1) is 11.7. The fourth-order valence-corrected chi connectivity index (χ4v) is 3.01. The minimum atomic E-state index is -0.292. The van der Waals surface area contributed by atoms with Crippen LogP contribution in [0.1, 0.15) is 37.7 Å². The van der Waals surface area contributed by atoms with Gasteiger partial charge >= 0.3 is 5.97 Å². The van der Waals surface area contributed by atoms with E-state index in [9.17, 15) is 4.79 Å². The van der Waals surface area contributed by atoms with Crippen molar-refractivity contribution < 1.29 is 19.0 Å². The zero-order valence-electron chi connectivity index (χ0n) is 14.3.